The van der Waals surface area contributed by atoms with E-state index in [1.807, 2.05) is 12.1 Å². The summed E-state index contributed by atoms with van der Waals surface area (Å²) in [5.74, 6) is 2.49. The van der Waals surface area contributed by atoms with E-state index in [1.165, 1.54) is 0 Å². The predicted molar refractivity (Wildman–Crippen MR) is 116 cm³/mol. The van der Waals surface area contributed by atoms with Crippen molar-refractivity contribution in [1.82, 2.24) is 14.7 Å². The molecule has 2 aromatic rings. The highest BCUT2D eigenvalue weighted by Crippen LogP contribution is 2.55. The van der Waals surface area contributed by atoms with Crippen LogP contribution in [-0.4, -0.2) is 59.0 Å². The van der Waals surface area contributed by atoms with Gasteiger partial charge in [0.05, 0.1) is 12.6 Å². The first-order valence-corrected chi connectivity index (χ1v) is 11.9. The summed E-state index contributed by atoms with van der Waals surface area (Å²) in [4.78, 5) is 11.2. The maximum absolute atomic E-state index is 11.3. The SMILES string of the molecule is COCOc1cc2c(N3CCC(C4(CNS(N)(=O)=O)CC4)CC3)ncnc2cc1OC. The molecule has 1 aliphatic heterocycles. The minimum absolute atomic E-state index is 0.0425. The van der Waals surface area contributed by atoms with Crippen molar-refractivity contribution in [2.75, 3.05) is 45.5 Å². The largest absolute Gasteiger partial charge is 0.493 e. The molecule has 2 fully saturated rings. The molecule has 31 heavy (non-hydrogen) atoms. The topological polar surface area (TPSA) is 129 Å². The van der Waals surface area contributed by atoms with Crippen LogP contribution < -0.4 is 24.2 Å². The van der Waals surface area contributed by atoms with Gasteiger partial charge in [-0.15, -0.1) is 0 Å². The number of nitrogens with one attached hydrogen (secondary N) is 1. The van der Waals surface area contributed by atoms with Gasteiger partial charge in [-0.25, -0.2) is 19.8 Å². The van der Waals surface area contributed by atoms with E-state index < -0.39 is 10.2 Å². The zero-order valence-corrected chi connectivity index (χ0v) is 18.7. The molecule has 0 amide bonds. The average Bonchev–Trinajstić information content (AvgIpc) is 3.56. The maximum atomic E-state index is 11.3. The van der Waals surface area contributed by atoms with E-state index in [0.29, 0.717) is 24.0 Å². The van der Waals surface area contributed by atoms with Gasteiger partial charge in [-0.05, 0) is 43.1 Å². The molecule has 1 aromatic heterocycles. The van der Waals surface area contributed by atoms with E-state index >= 15 is 0 Å². The van der Waals surface area contributed by atoms with Crippen LogP contribution in [0.4, 0.5) is 5.82 Å². The summed E-state index contributed by atoms with van der Waals surface area (Å²) in [7, 11) is -0.503. The molecule has 11 heteroatoms. The molecule has 2 heterocycles. The Labute approximate surface area is 182 Å². The number of ether oxygens (including phenoxy) is 3. The predicted octanol–water partition coefficient (Wildman–Crippen LogP) is 1.41. The van der Waals surface area contributed by atoms with Crippen LogP contribution >= 0.6 is 0 Å². The van der Waals surface area contributed by atoms with Gasteiger partial charge in [0.2, 0.25) is 0 Å². The Morgan fingerprint density at radius 1 is 1.19 bits per heavy atom. The molecule has 170 valence electrons. The average molecular weight is 452 g/mol. The minimum atomic E-state index is -3.66. The van der Waals surface area contributed by atoms with Gasteiger partial charge in [0.1, 0.15) is 12.1 Å². The summed E-state index contributed by atoms with van der Waals surface area (Å²) in [6, 6.07) is 3.74. The Bertz CT molecular complexity index is 1040. The molecule has 0 spiro atoms. The zero-order valence-electron chi connectivity index (χ0n) is 17.8. The number of benzene rings is 1. The second kappa shape index (κ2) is 8.73. The van der Waals surface area contributed by atoms with Crippen LogP contribution in [0.1, 0.15) is 25.7 Å². The van der Waals surface area contributed by atoms with Crippen molar-refractivity contribution in [3.63, 3.8) is 0 Å². The van der Waals surface area contributed by atoms with Gasteiger partial charge in [0.15, 0.2) is 18.3 Å². The molecule has 0 radical (unpaired) electrons. The van der Waals surface area contributed by atoms with Gasteiger partial charge >= 0.3 is 0 Å². The van der Waals surface area contributed by atoms with Crippen LogP contribution in [-0.2, 0) is 14.9 Å². The quantitative estimate of drug-likeness (QED) is 0.548. The maximum Gasteiger partial charge on any atom is 0.274 e. The monoisotopic (exact) mass is 451 g/mol. The number of nitrogens with zero attached hydrogens (tertiary/aromatic N) is 3. The summed E-state index contributed by atoms with van der Waals surface area (Å²) >= 11 is 0. The number of hydrogen-bond acceptors (Lipinski definition) is 8. The molecule has 1 aromatic carbocycles. The van der Waals surface area contributed by atoms with Gasteiger partial charge < -0.3 is 19.1 Å². The van der Waals surface area contributed by atoms with Crippen molar-refractivity contribution in [1.29, 1.82) is 0 Å². The van der Waals surface area contributed by atoms with Crippen molar-refractivity contribution in [3.05, 3.63) is 18.5 Å². The Morgan fingerprint density at radius 3 is 2.55 bits per heavy atom. The highest BCUT2D eigenvalue weighted by molar-refractivity contribution is 7.87. The molecule has 0 atom stereocenters. The number of anilines is 1. The Hall–Kier alpha value is -2.21. The molecule has 3 N–H and O–H groups in total. The number of aromatic nitrogens is 2. The molecule has 1 saturated carbocycles. The summed E-state index contributed by atoms with van der Waals surface area (Å²) < 4.78 is 41.2. The first kappa shape index (κ1) is 22.0. The Balaban J connectivity index is 1.51. The van der Waals surface area contributed by atoms with Crippen molar-refractivity contribution in [2.45, 2.75) is 25.7 Å². The van der Waals surface area contributed by atoms with Crippen molar-refractivity contribution in [2.24, 2.45) is 16.5 Å². The lowest BCUT2D eigenvalue weighted by Gasteiger charge is -2.37. The summed E-state index contributed by atoms with van der Waals surface area (Å²) in [6.07, 6.45) is 5.59. The third kappa shape index (κ3) is 4.84. The first-order valence-electron chi connectivity index (χ1n) is 10.3. The summed E-state index contributed by atoms with van der Waals surface area (Å²) in [6.45, 7) is 2.22. The highest BCUT2D eigenvalue weighted by Gasteiger charge is 2.49. The Morgan fingerprint density at radius 2 is 1.94 bits per heavy atom. The second-order valence-electron chi connectivity index (χ2n) is 8.26. The number of fused-ring (bicyclic) bond motifs is 1. The molecule has 1 saturated heterocycles. The lowest BCUT2D eigenvalue weighted by atomic mass is 9.81. The molecule has 4 rings (SSSR count). The molecule has 2 aliphatic rings. The molecular weight excluding hydrogens is 422 g/mol. The summed E-state index contributed by atoms with van der Waals surface area (Å²) in [5, 5.41) is 6.02. The molecule has 1 aliphatic carbocycles. The molecule has 10 nitrogen and oxygen atoms in total. The van der Waals surface area contributed by atoms with Crippen LogP contribution in [0.25, 0.3) is 10.9 Å². The third-order valence-electron chi connectivity index (χ3n) is 6.41. The number of hydrogen-bond donors (Lipinski definition) is 2. The number of nitrogens with two attached hydrogens (primary N) is 1. The van der Waals surface area contributed by atoms with E-state index in [9.17, 15) is 8.42 Å². The smallest absolute Gasteiger partial charge is 0.274 e. The number of piperidine rings is 1. The van der Waals surface area contributed by atoms with E-state index in [-0.39, 0.29) is 12.2 Å². The van der Waals surface area contributed by atoms with Gasteiger partial charge in [-0.2, -0.15) is 8.42 Å². The fourth-order valence-corrected chi connectivity index (χ4v) is 5.02. The fraction of sp³-hybridized carbons (Fsp3) is 0.600. The van der Waals surface area contributed by atoms with Crippen LogP contribution in [0.2, 0.25) is 0 Å². The van der Waals surface area contributed by atoms with Crippen LogP contribution in [0, 0.1) is 11.3 Å². The van der Waals surface area contributed by atoms with Crippen molar-refractivity contribution in [3.8, 4) is 11.5 Å². The number of rotatable bonds is 9. The van der Waals surface area contributed by atoms with Crippen molar-refractivity contribution >= 4 is 26.9 Å². The molecular formula is C20H29N5O5S. The second-order valence-corrected chi connectivity index (χ2v) is 9.64. The van der Waals surface area contributed by atoms with Gasteiger partial charge in [0.25, 0.3) is 10.2 Å². The highest BCUT2D eigenvalue weighted by atomic mass is 32.2. The summed E-state index contributed by atoms with van der Waals surface area (Å²) in [5.41, 5.74) is 0.825. The van der Waals surface area contributed by atoms with Crippen LogP contribution in [0.3, 0.4) is 0 Å². The first-order chi connectivity index (χ1) is 14.8. The van der Waals surface area contributed by atoms with E-state index in [4.69, 9.17) is 19.3 Å². The fourth-order valence-electron chi connectivity index (χ4n) is 4.54. The Kier molecular flexibility index (Phi) is 6.20. The molecule has 0 unspecified atom stereocenters. The number of methoxy groups -OCH3 is 2. The normalized spacial score (nSPS) is 18.9. The van der Waals surface area contributed by atoms with E-state index in [1.54, 1.807) is 20.5 Å². The minimum Gasteiger partial charge on any atom is -0.493 e. The van der Waals surface area contributed by atoms with E-state index in [0.717, 1.165) is 55.5 Å². The standard InChI is InChI=1S/C20H29N5O5S/c1-28-13-30-18-9-15-16(10-17(18)29-2)22-12-23-19(15)25-7-3-14(4-8-25)20(5-6-20)11-24-31(21,26)27/h9-10,12,14,24H,3-8,11,13H2,1-2H3,(H2,21,26,27). The van der Waals surface area contributed by atoms with E-state index in [2.05, 4.69) is 19.6 Å². The van der Waals surface area contributed by atoms with Crippen LogP contribution in [0.5, 0.6) is 11.5 Å². The van der Waals surface area contributed by atoms with Crippen LogP contribution in [0.15, 0.2) is 18.5 Å². The van der Waals surface area contributed by atoms with Gasteiger partial charge in [-0.3, -0.25) is 0 Å². The third-order valence-corrected chi connectivity index (χ3v) is 6.96. The van der Waals surface area contributed by atoms with Crippen molar-refractivity contribution < 1.29 is 22.6 Å². The van der Waals surface area contributed by atoms with Gasteiger partial charge in [-0.1, -0.05) is 0 Å². The zero-order chi connectivity index (χ0) is 22.1. The molecule has 0 bridgehead atoms. The van der Waals surface area contributed by atoms with Gasteiger partial charge in [0, 0.05) is 38.2 Å². The lowest BCUT2D eigenvalue weighted by Crippen LogP contribution is -2.42. The lowest BCUT2D eigenvalue weighted by molar-refractivity contribution is 0.0493.